The minimum Gasteiger partial charge on any atom is -0.497 e. The number of amides is 1. The Morgan fingerprint density at radius 1 is 1.10 bits per heavy atom. The van der Waals surface area contributed by atoms with Gasteiger partial charge in [0, 0.05) is 10.5 Å². The van der Waals surface area contributed by atoms with Crippen LogP contribution in [0.2, 0.25) is 0 Å². The van der Waals surface area contributed by atoms with Crippen molar-refractivity contribution in [2.75, 3.05) is 33.9 Å². The van der Waals surface area contributed by atoms with E-state index in [1.165, 1.54) is 68.9 Å². The standard InChI is InChI=1S/C23H35BrN2O3/c1-28-21-7-8-22(24)19(16-21)15-18-10-13-26(14-11-18)12-9-17-3-5-20(6-4-17)25-23(27)29-2/h7-8,16-18,20H,3-6,9-15H2,1-2H3,(H,25,27)/t17-,20-. The zero-order valence-electron chi connectivity index (χ0n) is 17.8. The van der Waals surface area contributed by atoms with Crippen molar-refractivity contribution in [1.29, 1.82) is 0 Å². The van der Waals surface area contributed by atoms with Crippen LogP contribution in [0.3, 0.4) is 0 Å². The Kier molecular flexibility index (Phi) is 8.67. The molecule has 162 valence electrons. The molecule has 1 aliphatic heterocycles. The predicted octanol–water partition coefficient (Wildman–Crippen LogP) is 5.02. The van der Waals surface area contributed by atoms with Crippen molar-refractivity contribution >= 4 is 22.0 Å². The molecule has 2 fully saturated rings. The Morgan fingerprint density at radius 2 is 1.83 bits per heavy atom. The first-order valence-corrected chi connectivity index (χ1v) is 11.8. The van der Waals surface area contributed by atoms with E-state index in [9.17, 15) is 4.79 Å². The number of alkyl carbamates (subject to hydrolysis) is 1. The van der Waals surface area contributed by atoms with Gasteiger partial charge in [-0.2, -0.15) is 0 Å². The Morgan fingerprint density at radius 3 is 2.48 bits per heavy atom. The summed E-state index contributed by atoms with van der Waals surface area (Å²) in [4.78, 5) is 14.0. The Hall–Kier alpha value is -1.27. The maximum absolute atomic E-state index is 11.3. The number of rotatable bonds is 7. The summed E-state index contributed by atoms with van der Waals surface area (Å²) in [5.74, 6) is 2.50. The Bertz CT molecular complexity index is 654. The first-order chi connectivity index (χ1) is 14.1. The van der Waals surface area contributed by atoms with E-state index in [-0.39, 0.29) is 6.09 Å². The van der Waals surface area contributed by atoms with Gasteiger partial charge in [-0.1, -0.05) is 15.9 Å². The predicted molar refractivity (Wildman–Crippen MR) is 119 cm³/mol. The van der Waals surface area contributed by atoms with Gasteiger partial charge in [0.2, 0.25) is 0 Å². The lowest BCUT2D eigenvalue weighted by Gasteiger charge is -2.34. The lowest BCUT2D eigenvalue weighted by molar-refractivity contribution is 0.152. The van der Waals surface area contributed by atoms with Crippen LogP contribution in [0.5, 0.6) is 5.75 Å². The molecular weight excluding hydrogens is 432 g/mol. The van der Waals surface area contributed by atoms with E-state index in [1.807, 2.05) is 6.07 Å². The SMILES string of the molecule is COC(=O)N[C@H]1CC[C@H](CCN2CCC(Cc3cc(OC)ccc3Br)CC2)CC1. The average Bonchev–Trinajstić information content (AvgIpc) is 2.75. The Balaban J connectivity index is 1.34. The van der Waals surface area contributed by atoms with E-state index in [0.717, 1.165) is 36.8 Å². The molecule has 1 aromatic rings. The number of carbonyl (C=O) groups excluding carboxylic acids is 1. The van der Waals surface area contributed by atoms with Crippen LogP contribution in [-0.4, -0.2) is 50.9 Å². The third-order valence-corrected chi connectivity index (χ3v) is 7.45. The number of benzene rings is 1. The van der Waals surface area contributed by atoms with Gasteiger partial charge in [-0.3, -0.25) is 0 Å². The molecule has 1 saturated carbocycles. The summed E-state index contributed by atoms with van der Waals surface area (Å²) in [7, 11) is 3.16. The summed E-state index contributed by atoms with van der Waals surface area (Å²) in [6, 6.07) is 6.57. The molecule has 1 heterocycles. The monoisotopic (exact) mass is 466 g/mol. The number of halogens is 1. The Labute approximate surface area is 183 Å². The second-order valence-electron chi connectivity index (χ2n) is 8.59. The van der Waals surface area contributed by atoms with E-state index in [0.29, 0.717) is 6.04 Å². The van der Waals surface area contributed by atoms with Crippen molar-refractivity contribution in [1.82, 2.24) is 10.2 Å². The van der Waals surface area contributed by atoms with Crippen molar-refractivity contribution in [3.63, 3.8) is 0 Å². The highest BCUT2D eigenvalue weighted by molar-refractivity contribution is 9.10. The third-order valence-electron chi connectivity index (χ3n) is 6.68. The minimum absolute atomic E-state index is 0.294. The number of nitrogens with one attached hydrogen (secondary N) is 1. The number of carbonyl (C=O) groups is 1. The van der Waals surface area contributed by atoms with Crippen molar-refractivity contribution in [2.45, 2.75) is 57.4 Å². The van der Waals surface area contributed by atoms with Crippen LogP contribution in [0.25, 0.3) is 0 Å². The van der Waals surface area contributed by atoms with Gasteiger partial charge in [0.1, 0.15) is 5.75 Å². The molecule has 1 amide bonds. The highest BCUT2D eigenvalue weighted by atomic mass is 79.9. The van der Waals surface area contributed by atoms with E-state index in [2.05, 4.69) is 38.3 Å². The molecule has 3 rings (SSSR count). The molecule has 5 nitrogen and oxygen atoms in total. The topological polar surface area (TPSA) is 50.8 Å². The fraction of sp³-hybridized carbons (Fsp3) is 0.696. The highest BCUT2D eigenvalue weighted by Gasteiger charge is 2.25. The van der Waals surface area contributed by atoms with Gasteiger partial charge < -0.3 is 19.7 Å². The van der Waals surface area contributed by atoms with E-state index in [4.69, 9.17) is 9.47 Å². The summed E-state index contributed by atoms with van der Waals surface area (Å²) in [5, 5.41) is 2.95. The zero-order chi connectivity index (χ0) is 20.6. The molecule has 6 heteroatoms. The van der Waals surface area contributed by atoms with Crippen LogP contribution in [0, 0.1) is 11.8 Å². The lowest BCUT2D eigenvalue weighted by atomic mass is 9.83. The van der Waals surface area contributed by atoms with Crippen LogP contribution >= 0.6 is 15.9 Å². The number of ether oxygens (including phenoxy) is 2. The van der Waals surface area contributed by atoms with Crippen molar-refractivity contribution in [2.24, 2.45) is 11.8 Å². The molecule has 0 bridgehead atoms. The molecule has 29 heavy (non-hydrogen) atoms. The highest BCUT2D eigenvalue weighted by Crippen LogP contribution is 2.30. The number of nitrogens with zero attached hydrogens (tertiary/aromatic N) is 1. The number of hydrogen-bond acceptors (Lipinski definition) is 4. The van der Waals surface area contributed by atoms with Gasteiger partial charge in [0.25, 0.3) is 0 Å². The van der Waals surface area contributed by atoms with Gasteiger partial charge in [-0.05, 0) is 107 Å². The second kappa shape index (κ2) is 11.2. The molecule has 1 N–H and O–H groups in total. The van der Waals surface area contributed by atoms with Gasteiger partial charge in [-0.15, -0.1) is 0 Å². The summed E-state index contributed by atoms with van der Waals surface area (Å²) in [6.07, 6.45) is 9.27. The maximum atomic E-state index is 11.3. The van der Waals surface area contributed by atoms with Gasteiger partial charge >= 0.3 is 6.09 Å². The van der Waals surface area contributed by atoms with Crippen LogP contribution in [0.4, 0.5) is 4.79 Å². The van der Waals surface area contributed by atoms with Crippen molar-refractivity contribution in [3.05, 3.63) is 28.2 Å². The normalized spacial score (nSPS) is 23.6. The van der Waals surface area contributed by atoms with Gasteiger partial charge in [0.05, 0.1) is 14.2 Å². The molecule has 1 saturated heterocycles. The third kappa shape index (κ3) is 6.88. The lowest BCUT2D eigenvalue weighted by Crippen LogP contribution is -2.39. The number of piperidine rings is 1. The molecule has 1 aromatic carbocycles. The summed E-state index contributed by atoms with van der Waals surface area (Å²) in [6.45, 7) is 3.65. The molecule has 1 aliphatic carbocycles. The van der Waals surface area contributed by atoms with Crippen LogP contribution in [0.1, 0.15) is 50.5 Å². The van der Waals surface area contributed by atoms with E-state index in [1.54, 1.807) is 7.11 Å². The molecule has 0 atom stereocenters. The molecule has 0 radical (unpaired) electrons. The molecule has 2 aliphatic rings. The number of methoxy groups -OCH3 is 2. The fourth-order valence-electron chi connectivity index (χ4n) is 4.75. The van der Waals surface area contributed by atoms with Crippen LogP contribution in [0.15, 0.2) is 22.7 Å². The summed E-state index contributed by atoms with van der Waals surface area (Å²) in [5.41, 5.74) is 1.36. The van der Waals surface area contributed by atoms with Crippen molar-refractivity contribution < 1.29 is 14.3 Å². The molecule has 0 unspecified atom stereocenters. The average molecular weight is 467 g/mol. The fourth-order valence-corrected chi connectivity index (χ4v) is 5.15. The van der Waals surface area contributed by atoms with E-state index < -0.39 is 0 Å². The molecule has 0 spiro atoms. The molecule has 0 aromatic heterocycles. The largest absolute Gasteiger partial charge is 0.497 e. The first-order valence-electron chi connectivity index (χ1n) is 11.0. The van der Waals surface area contributed by atoms with Crippen molar-refractivity contribution in [3.8, 4) is 5.75 Å². The smallest absolute Gasteiger partial charge is 0.407 e. The molecular formula is C23H35BrN2O3. The van der Waals surface area contributed by atoms with Gasteiger partial charge in [0.15, 0.2) is 0 Å². The van der Waals surface area contributed by atoms with Gasteiger partial charge in [-0.25, -0.2) is 4.79 Å². The zero-order valence-corrected chi connectivity index (χ0v) is 19.4. The maximum Gasteiger partial charge on any atom is 0.407 e. The number of hydrogen-bond donors (Lipinski definition) is 1. The van der Waals surface area contributed by atoms with Crippen LogP contribution in [-0.2, 0) is 11.2 Å². The van der Waals surface area contributed by atoms with E-state index >= 15 is 0 Å². The number of likely N-dealkylation sites (tertiary alicyclic amines) is 1. The van der Waals surface area contributed by atoms with Crippen LogP contribution < -0.4 is 10.1 Å². The first kappa shape index (κ1) is 22.4. The quantitative estimate of drug-likeness (QED) is 0.612. The summed E-state index contributed by atoms with van der Waals surface area (Å²) < 4.78 is 11.3. The second-order valence-corrected chi connectivity index (χ2v) is 9.44. The minimum atomic E-state index is -0.294. The summed E-state index contributed by atoms with van der Waals surface area (Å²) >= 11 is 3.69.